The van der Waals surface area contributed by atoms with Crippen LogP contribution >= 0.6 is 0 Å². The predicted molar refractivity (Wildman–Crippen MR) is 520 cm³/mol. The van der Waals surface area contributed by atoms with Crippen LogP contribution in [0, 0.1) is 0 Å². The van der Waals surface area contributed by atoms with Crippen molar-refractivity contribution in [2.24, 2.45) is 0 Å². The molecule has 672 valence electrons. The van der Waals surface area contributed by atoms with E-state index in [1.165, 1.54) is 11.1 Å². The summed E-state index contributed by atoms with van der Waals surface area (Å²) in [6, 6.07) is 73.0. The van der Waals surface area contributed by atoms with Crippen molar-refractivity contribution in [2.75, 3.05) is 14.2 Å². The van der Waals surface area contributed by atoms with Gasteiger partial charge in [-0.05, 0) is 340 Å². The van der Waals surface area contributed by atoms with Gasteiger partial charge in [0.1, 0.15) is 57.5 Å². The van der Waals surface area contributed by atoms with Gasteiger partial charge in [0, 0.05) is 28.5 Å². The van der Waals surface area contributed by atoms with Crippen molar-refractivity contribution in [1.82, 2.24) is 0 Å². The second-order valence-electron chi connectivity index (χ2n) is 37.0. The fraction of sp³-hybridized carbons (Fsp3) is 0.381. The van der Waals surface area contributed by atoms with Gasteiger partial charge >= 0.3 is 34.2 Å². The van der Waals surface area contributed by atoms with E-state index >= 15 is 0 Å². The normalized spacial score (nSPS) is 12.3. The average Bonchev–Trinajstić information content (AvgIpc) is 0.800. The number of aryl methyl sites for hydroxylation is 4. The molecule has 0 heterocycles. The lowest BCUT2D eigenvalue weighted by Gasteiger charge is -2.34. The van der Waals surface area contributed by atoms with Crippen molar-refractivity contribution in [2.45, 2.75) is 225 Å². The maximum absolute atomic E-state index is 9.93. The molecular weight excluding hydrogens is 1690 g/mol. The molecule has 10 rings (SSSR count). The van der Waals surface area contributed by atoms with E-state index in [0.717, 1.165) is 120 Å². The highest BCUT2D eigenvalue weighted by Crippen LogP contribution is 2.39. The molecule has 0 amide bonds. The maximum Gasteiger partial charge on any atom is 0.384 e. The van der Waals surface area contributed by atoms with Gasteiger partial charge in [-0.25, -0.2) is 0 Å². The van der Waals surface area contributed by atoms with Gasteiger partial charge in [0.2, 0.25) is 0 Å². The molecule has 0 atom stereocenters. The Labute approximate surface area is 746 Å². The first-order valence-electron chi connectivity index (χ1n) is 42.7. The Balaban J connectivity index is 0.000000232. The summed E-state index contributed by atoms with van der Waals surface area (Å²) >= 11 is 0. The zero-order chi connectivity index (χ0) is 91.7. The fourth-order valence-corrected chi connectivity index (χ4v) is 46.1. The molecule has 0 bridgehead atoms. The number of hydrogen-bond donors (Lipinski definition) is 9. The van der Waals surface area contributed by atoms with E-state index < -0.39 is 67.5 Å². The van der Waals surface area contributed by atoms with Crippen molar-refractivity contribution >= 4 is 67.5 Å². The summed E-state index contributed by atoms with van der Waals surface area (Å²) in [7, 11) is -14.0. The van der Waals surface area contributed by atoms with Gasteiger partial charge in [-0.1, -0.05) is 125 Å². The van der Waals surface area contributed by atoms with Gasteiger partial charge in [0.05, 0.1) is 20.8 Å². The zero-order valence-corrected chi connectivity index (χ0v) is 85.2. The fourth-order valence-electron chi connectivity index (χ4n) is 15.4. The van der Waals surface area contributed by atoms with Crippen LogP contribution in [0.15, 0.2) is 224 Å². The molecule has 27 heteroatoms. The lowest BCUT2D eigenvalue weighted by molar-refractivity contribution is 0.275. The Hall–Kier alpha value is -9.06. The molecule has 0 unspecified atom stereocenters. The minimum Gasteiger partial charge on any atom is -0.521 e. The number of phenols is 8. The molecule has 0 aromatic heterocycles. The molecule has 19 nitrogen and oxygen atoms in total. The van der Waals surface area contributed by atoms with Crippen LogP contribution < -0.4 is 27.2 Å². The van der Waals surface area contributed by atoms with Crippen LogP contribution in [0.25, 0.3) is 0 Å². The highest BCUT2D eigenvalue weighted by molar-refractivity contribution is 6.85. The van der Waals surface area contributed by atoms with Crippen molar-refractivity contribution in [3.05, 3.63) is 275 Å². The van der Waals surface area contributed by atoms with E-state index in [2.05, 4.69) is 104 Å². The minimum atomic E-state index is -2.57. The highest BCUT2D eigenvalue weighted by Gasteiger charge is 2.42. The number of para-hydroxylation sites is 1. The number of methoxy groups -OCH3 is 2. The quantitative estimate of drug-likeness (QED) is 0.0162. The number of hydrogen-bond acceptors (Lipinski definition) is 19. The molecule has 0 saturated heterocycles. The Morgan fingerprint density at radius 2 is 0.565 bits per heavy atom. The maximum atomic E-state index is 9.93. The number of aliphatic hydroxyl groups is 1. The van der Waals surface area contributed by atoms with Gasteiger partial charge in [0.25, 0.3) is 0 Å². The van der Waals surface area contributed by atoms with E-state index in [9.17, 15) is 46.0 Å². The number of rotatable bonds is 39. The molecule has 0 aliphatic rings. The number of phenolic OH excluding ortho intramolecular Hbond substituents is 7. The summed E-state index contributed by atoms with van der Waals surface area (Å²) in [6.07, 6.45) is 7.98. The topological polar surface area (TPSA) is 274 Å². The third-order valence-electron chi connectivity index (χ3n) is 21.3. The highest BCUT2D eigenvalue weighted by atomic mass is 28.5. The largest absolute Gasteiger partial charge is 0.521 e. The summed E-state index contributed by atoms with van der Waals surface area (Å²) in [5.74, 6) is 5.51. The van der Waals surface area contributed by atoms with Gasteiger partial charge in [-0.2, -0.15) is 0 Å². The molecule has 0 aliphatic carbocycles. The lowest BCUT2D eigenvalue weighted by Crippen LogP contribution is -2.52. The first kappa shape index (κ1) is 102. The molecule has 124 heavy (non-hydrogen) atoms. The Morgan fingerprint density at radius 3 is 0.887 bits per heavy atom. The standard InChI is InChI=1S/C34H42O5Si2.C24H38O5Si2.C23H36O4Si2.C16H22O5Si2/c1-33(2,25-9-17-29(35)18-10-25)27-13-21-31(22-14-27)37-40(5,6)39-41(7,8)38-32-23-15-28(16-24-32)34(3,4)26-11-19-30(36)20-12-26;1-28-24-17-20(11-13-23(24)27)9-7-15-31(4,5)29-30(2,3)14-6-8-19-10-12-22(26)21(16-19)18-25;1-26-23-18-19(14-15-22(23)25)10-8-16-28(2,3)27-29(4,5)17-9-12-20-11-6-7-13-21(20)24;1-22(2,19-15-9-5-7-13(17)11-15)21-23(3,4)20-16-10-6-8-14(18)12-16/h9-24,35-36H,1-8H3;10-13,16-17,25-27H,6-9,14-15,18H2,1-5H3;6-7,11,13-15,18,24-25H,8-10,12,16-17H2,1-5H3;5-12,17-18H,1-4H3. The molecule has 0 fully saturated rings. The molecule has 10 aromatic rings. The van der Waals surface area contributed by atoms with E-state index in [0.29, 0.717) is 34.3 Å². The number of ether oxygens (including phenoxy) is 2. The summed E-state index contributed by atoms with van der Waals surface area (Å²) in [4.78, 5) is 0. The van der Waals surface area contributed by atoms with Crippen molar-refractivity contribution in [3.8, 4) is 80.5 Å². The van der Waals surface area contributed by atoms with Crippen molar-refractivity contribution < 1.29 is 89.6 Å². The van der Waals surface area contributed by atoms with Gasteiger partial charge in [-0.15, -0.1) is 0 Å². The van der Waals surface area contributed by atoms with Gasteiger partial charge in [-0.3, -0.25) is 0 Å². The predicted octanol–water partition coefficient (Wildman–Crippen LogP) is 24.3. The first-order chi connectivity index (χ1) is 57.9. The second kappa shape index (κ2) is 44.9. The number of benzene rings is 10. The molecule has 0 radical (unpaired) electrons. The van der Waals surface area contributed by atoms with Crippen molar-refractivity contribution in [1.29, 1.82) is 0 Å². The molecule has 10 aromatic carbocycles. The third kappa shape index (κ3) is 34.4. The second-order valence-corrected chi connectivity index (χ2v) is 68.4. The molecular formula is C97H138O19Si8. The lowest BCUT2D eigenvalue weighted by atomic mass is 9.78. The molecule has 0 aliphatic heterocycles. The smallest absolute Gasteiger partial charge is 0.384 e. The van der Waals surface area contributed by atoms with Gasteiger partial charge < -0.3 is 89.6 Å². The van der Waals surface area contributed by atoms with E-state index in [-0.39, 0.29) is 57.7 Å². The summed E-state index contributed by atoms with van der Waals surface area (Å²) in [5, 5.41) is 86.8. The molecule has 0 spiro atoms. The number of aromatic hydroxyl groups is 8. The molecule has 0 saturated carbocycles. The van der Waals surface area contributed by atoms with Crippen LogP contribution in [0.5, 0.6) is 80.5 Å². The summed E-state index contributed by atoms with van der Waals surface area (Å²) in [5.41, 5.74) is 9.26. The average molecular weight is 1830 g/mol. The Kier molecular flexibility index (Phi) is 36.9. The minimum absolute atomic E-state index is 0.139. The number of aliphatic hydroxyl groups excluding tert-OH is 1. The zero-order valence-electron chi connectivity index (χ0n) is 77.2. The van der Waals surface area contributed by atoms with Crippen LogP contribution in [0.3, 0.4) is 0 Å². The van der Waals surface area contributed by atoms with E-state index in [1.807, 2.05) is 156 Å². The summed E-state index contributed by atoms with van der Waals surface area (Å²) < 4.78 is 61.4. The first-order valence-corrected chi connectivity index (χ1v) is 66.5. The van der Waals surface area contributed by atoms with Crippen LogP contribution in [0.2, 0.25) is 129 Å². The third-order valence-corrected chi connectivity index (χ3v) is 47.1. The molecule has 9 N–H and O–H groups in total. The van der Waals surface area contributed by atoms with Crippen LogP contribution in [0.1, 0.15) is 103 Å². The van der Waals surface area contributed by atoms with E-state index in [4.69, 9.17) is 43.6 Å². The van der Waals surface area contributed by atoms with Crippen LogP contribution in [0.4, 0.5) is 0 Å². The van der Waals surface area contributed by atoms with Crippen LogP contribution in [-0.2, 0) is 59.6 Å². The monoisotopic (exact) mass is 1830 g/mol. The van der Waals surface area contributed by atoms with Crippen LogP contribution in [-0.4, -0.2) is 128 Å². The Bertz CT molecular complexity index is 4720. The Morgan fingerprint density at radius 1 is 0.266 bits per heavy atom. The summed E-state index contributed by atoms with van der Waals surface area (Å²) in [6.45, 7) is 42.9. The SMILES string of the molecule is CC(C)(c1ccc(O)cc1)c1ccc(O[Si](C)(C)O[Si](C)(C)Oc2ccc(C(C)(C)c3ccc(O)cc3)cc2)cc1.COc1cc(CCC[Si](C)(C)O[Si](C)(C)CCCc2ccc(O)c(CO)c2)ccc1O.COc1cc(CCC[Si](C)(C)O[Si](C)(C)CCCc2ccccc2O)ccc1O.C[Si](C)(Oc1cccc(O)c1)O[Si](C)(C)Oc1cccc(O)c1. The van der Waals surface area contributed by atoms with Crippen molar-refractivity contribution in [3.63, 3.8) is 0 Å². The van der Waals surface area contributed by atoms with Gasteiger partial charge in [0.15, 0.2) is 56.3 Å². The van der Waals surface area contributed by atoms with E-state index in [1.54, 1.807) is 111 Å².